The van der Waals surface area contributed by atoms with Gasteiger partial charge >= 0.3 is 0 Å². The van der Waals surface area contributed by atoms with Crippen molar-refractivity contribution in [3.8, 4) is 0 Å². The van der Waals surface area contributed by atoms with Gasteiger partial charge in [0.05, 0.1) is 5.52 Å². The van der Waals surface area contributed by atoms with Gasteiger partial charge in [-0.05, 0) is 42.2 Å². The Bertz CT molecular complexity index is 845. The molecule has 2 aromatic carbocycles. The molecule has 0 fully saturated rings. The third-order valence-electron chi connectivity index (χ3n) is 4.13. The van der Waals surface area contributed by atoms with E-state index in [0.29, 0.717) is 0 Å². The topological polar surface area (TPSA) is 37.8 Å². The average molecular weight is 307 g/mol. The Labute approximate surface area is 134 Å². The summed E-state index contributed by atoms with van der Waals surface area (Å²) in [6.07, 6.45) is 3.74. The van der Waals surface area contributed by atoms with E-state index in [2.05, 4.69) is 58.6 Å². The SMILES string of the molecule is CCc1ccccc1Nc1ncnc2ccc3c(c12)CCS3. The summed E-state index contributed by atoms with van der Waals surface area (Å²) in [6.45, 7) is 2.17. The fraction of sp³-hybridized carbons (Fsp3) is 0.222. The highest BCUT2D eigenvalue weighted by Crippen LogP contribution is 2.38. The van der Waals surface area contributed by atoms with Crippen LogP contribution < -0.4 is 5.32 Å². The van der Waals surface area contributed by atoms with Gasteiger partial charge in [0.15, 0.2) is 0 Å². The number of thioether (sulfide) groups is 1. The van der Waals surface area contributed by atoms with Crippen LogP contribution in [0.1, 0.15) is 18.1 Å². The molecule has 0 aliphatic carbocycles. The Kier molecular flexibility index (Phi) is 3.47. The van der Waals surface area contributed by atoms with E-state index in [-0.39, 0.29) is 0 Å². The number of anilines is 2. The number of hydrogen-bond donors (Lipinski definition) is 1. The van der Waals surface area contributed by atoms with Crippen molar-refractivity contribution in [2.75, 3.05) is 11.1 Å². The van der Waals surface area contributed by atoms with E-state index in [9.17, 15) is 0 Å². The maximum atomic E-state index is 4.52. The van der Waals surface area contributed by atoms with Crippen molar-refractivity contribution in [1.29, 1.82) is 0 Å². The maximum Gasteiger partial charge on any atom is 0.142 e. The van der Waals surface area contributed by atoms with E-state index in [4.69, 9.17) is 0 Å². The first-order valence-corrected chi connectivity index (χ1v) is 8.59. The summed E-state index contributed by atoms with van der Waals surface area (Å²) < 4.78 is 0. The van der Waals surface area contributed by atoms with Crippen LogP contribution in [0.3, 0.4) is 0 Å². The molecule has 0 spiro atoms. The molecule has 4 rings (SSSR count). The second kappa shape index (κ2) is 5.61. The second-order valence-corrected chi connectivity index (χ2v) is 6.53. The summed E-state index contributed by atoms with van der Waals surface area (Å²) >= 11 is 1.92. The number of rotatable bonds is 3. The van der Waals surface area contributed by atoms with Crippen molar-refractivity contribution in [1.82, 2.24) is 9.97 Å². The summed E-state index contributed by atoms with van der Waals surface area (Å²) in [6, 6.07) is 12.7. The van der Waals surface area contributed by atoms with Gasteiger partial charge in [0.1, 0.15) is 12.1 Å². The van der Waals surface area contributed by atoms with Crippen molar-refractivity contribution in [2.24, 2.45) is 0 Å². The quantitative estimate of drug-likeness (QED) is 0.768. The molecule has 0 atom stereocenters. The largest absolute Gasteiger partial charge is 0.339 e. The standard InChI is InChI=1S/C18H17N3S/c1-2-12-5-3-4-6-14(12)21-18-17-13-9-10-22-16(13)8-7-15(17)19-11-20-18/h3-8,11H,2,9-10H2,1H3,(H,19,20,21). The van der Waals surface area contributed by atoms with E-state index in [1.54, 1.807) is 6.33 Å². The van der Waals surface area contributed by atoms with Gasteiger partial charge in [-0.2, -0.15) is 0 Å². The number of nitrogens with zero attached hydrogens (tertiary/aromatic N) is 2. The summed E-state index contributed by atoms with van der Waals surface area (Å²) in [7, 11) is 0. The van der Waals surface area contributed by atoms with Gasteiger partial charge in [-0.3, -0.25) is 0 Å². The number of para-hydroxylation sites is 1. The monoisotopic (exact) mass is 307 g/mol. The van der Waals surface area contributed by atoms with E-state index in [1.807, 2.05) is 11.8 Å². The Morgan fingerprint density at radius 1 is 1.14 bits per heavy atom. The van der Waals surface area contributed by atoms with Gasteiger partial charge < -0.3 is 5.32 Å². The first kappa shape index (κ1) is 13.6. The van der Waals surface area contributed by atoms with E-state index < -0.39 is 0 Å². The third-order valence-corrected chi connectivity index (χ3v) is 5.23. The number of nitrogens with one attached hydrogen (secondary N) is 1. The first-order chi connectivity index (χ1) is 10.9. The van der Waals surface area contributed by atoms with Crippen LogP contribution in [0.25, 0.3) is 10.9 Å². The molecule has 1 aromatic heterocycles. The molecule has 2 heterocycles. The third kappa shape index (κ3) is 2.24. The first-order valence-electron chi connectivity index (χ1n) is 7.61. The summed E-state index contributed by atoms with van der Waals surface area (Å²) in [5.41, 5.74) is 4.84. The fourth-order valence-corrected chi connectivity index (χ4v) is 4.09. The molecule has 0 saturated carbocycles. The van der Waals surface area contributed by atoms with Crippen molar-refractivity contribution >= 4 is 34.2 Å². The highest BCUT2D eigenvalue weighted by Gasteiger charge is 2.18. The van der Waals surface area contributed by atoms with Gasteiger partial charge in [-0.1, -0.05) is 25.1 Å². The fourth-order valence-electron chi connectivity index (χ4n) is 3.02. The molecule has 3 nitrogen and oxygen atoms in total. The van der Waals surface area contributed by atoms with E-state index >= 15 is 0 Å². The molecule has 1 aliphatic rings. The molecule has 0 amide bonds. The number of benzene rings is 2. The minimum atomic E-state index is 0.922. The Morgan fingerprint density at radius 2 is 2.05 bits per heavy atom. The van der Waals surface area contributed by atoms with Crippen molar-refractivity contribution in [3.05, 3.63) is 53.9 Å². The molecule has 1 N–H and O–H groups in total. The molecule has 4 heteroatoms. The highest BCUT2D eigenvalue weighted by atomic mass is 32.2. The highest BCUT2D eigenvalue weighted by molar-refractivity contribution is 7.99. The van der Waals surface area contributed by atoms with Gasteiger partial charge in [0, 0.05) is 21.7 Å². The summed E-state index contributed by atoms with van der Waals surface area (Å²) in [5, 5.41) is 4.71. The predicted molar refractivity (Wildman–Crippen MR) is 93.1 cm³/mol. The molecule has 3 aromatic rings. The van der Waals surface area contributed by atoms with E-state index in [0.717, 1.165) is 35.6 Å². The molecule has 22 heavy (non-hydrogen) atoms. The Hall–Kier alpha value is -2.07. The zero-order valence-corrected chi connectivity index (χ0v) is 13.3. The normalized spacial score (nSPS) is 13.3. The maximum absolute atomic E-state index is 4.52. The lowest BCUT2D eigenvalue weighted by Crippen LogP contribution is -2.00. The van der Waals surface area contributed by atoms with Crippen LogP contribution in [0.4, 0.5) is 11.5 Å². The van der Waals surface area contributed by atoms with Crippen LogP contribution in [0, 0.1) is 0 Å². The number of hydrogen-bond acceptors (Lipinski definition) is 4. The van der Waals surface area contributed by atoms with Crippen LogP contribution in [0.5, 0.6) is 0 Å². The van der Waals surface area contributed by atoms with Crippen LogP contribution in [0.2, 0.25) is 0 Å². The van der Waals surface area contributed by atoms with Gasteiger partial charge in [-0.15, -0.1) is 11.8 Å². The zero-order chi connectivity index (χ0) is 14.9. The number of aryl methyl sites for hydroxylation is 2. The van der Waals surface area contributed by atoms with Crippen LogP contribution >= 0.6 is 11.8 Å². The molecule has 110 valence electrons. The van der Waals surface area contributed by atoms with Crippen molar-refractivity contribution in [3.63, 3.8) is 0 Å². The van der Waals surface area contributed by atoms with Crippen LogP contribution in [0.15, 0.2) is 47.6 Å². The molecule has 0 unspecified atom stereocenters. The lowest BCUT2D eigenvalue weighted by Gasteiger charge is -2.13. The van der Waals surface area contributed by atoms with Crippen LogP contribution in [-0.2, 0) is 12.8 Å². The lowest BCUT2D eigenvalue weighted by molar-refractivity contribution is 1.13. The van der Waals surface area contributed by atoms with Crippen molar-refractivity contribution < 1.29 is 0 Å². The van der Waals surface area contributed by atoms with Gasteiger partial charge in [0.25, 0.3) is 0 Å². The van der Waals surface area contributed by atoms with Gasteiger partial charge in [0.2, 0.25) is 0 Å². The van der Waals surface area contributed by atoms with Gasteiger partial charge in [-0.25, -0.2) is 9.97 Å². The molecule has 1 aliphatic heterocycles. The molecule has 0 radical (unpaired) electrons. The number of fused-ring (bicyclic) bond motifs is 3. The minimum absolute atomic E-state index is 0.922. The molecule has 0 bridgehead atoms. The zero-order valence-electron chi connectivity index (χ0n) is 12.5. The minimum Gasteiger partial charge on any atom is -0.339 e. The Morgan fingerprint density at radius 3 is 2.95 bits per heavy atom. The van der Waals surface area contributed by atoms with Crippen molar-refractivity contribution in [2.45, 2.75) is 24.7 Å². The molecule has 0 saturated heterocycles. The summed E-state index contributed by atoms with van der Waals surface area (Å²) in [4.78, 5) is 10.3. The number of aromatic nitrogens is 2. The summed E-state index contributed by atoms with van der Waals surface area (Å²) in [5.74, 6) is 2.07. The van der Waals surface area contributed by atoms with E-state index in [1.165, 1.54) is 21.4 Å². The Balaban J connectivity index is 1.87. The molecular formula is C18H17N3S. The predicted octanol–water partition coefficient (Wildman–Crippen LogP) is 4.58. The molecular weight excluding hydrogens is 290 g/mol. The smallest absolute Gasteiger partial charge is 0.142 e. The average Bonchev–Trinajstić information content (AvgIpc) is 3.04. The lowest BCUT2D eigenvalue weighted by atomic mass is 10.1. The second-order valence-electron chi connectivity index (χ2n) is 5.39. The van der Waals surface area contributed by atoms with Crippen LogP contribution in [-0.4, -0.2) is 15.7 Å².